The fourth-order valence-electron chi connectivity index (χ4n) is 1.42. The molecule has 0 spiro atoms. The van der Waals surface area contributed by atoms with Gasteiger partial charge in [-0.15, -0.1) is 0 Å². The van der Waals surface area contributed by atoms with E-state index in [0.29, 0.717) is 11.5 Å². The molecule has 0 aliphatic carbocycles. The van der Waals surface area contributed by atoms with Crippen LogP contribution in [0.25, 0.3) is 6.08 Å². The Labute approximate surface area is 117 Å². The third kappa shape index (κ3) is 4.64. The zero-order valence-corrected chi connectivity index (χ0v) is 11.6. The molecule has 0 radical (unpaired) electrons. The van der Waals surface area contributed by atoms with Crippen LogP contribution in [0.15, 0.2) is 24.3 Å². The summed E-state index contributed by atoms with van der Waals surface area (Å²) in [4.78, 5) is 22.3. The Morgan fingerprint density at radius 1 is 1.15 bits per heavy atom. The van der Waals surface area contributed by atoms with Crippen molar-refractivity contribution in [3.05, 3.63) is 29.8 Å². The third-order valence-corrected chi connectivity index (χ3v) is 2.47. The van der Waals surface area contributed by atoms with E-state index in [1.54, 1.807) is 31.4 Å². The smallest absolute Gasteiger partial charge is 0.325 e. The maximum atomic E-state index is 11.5. The van der Waals surface area contributed by atoms with Gasteiger partial charge in [-0.3, -0.25) is 9.59 Å². The molecule has 1 N–H and O–H groups in total. The molecule has 1 amide bonds. The van der Waals surface area contributed by atoms with Gasteiger partial charge in [0.25, 0.3) is 0 Å². The number of ether oxygens (including phenoxy) is 3. The summed E-state index contributed by atoms with van der Waals surface area (Å²) in [5, 5.41) is 2.40. The first kappa shape index (κ1) is 15.6. The Morgan fingerprint density at radius 3 is 2.45 bits per heavy atom. The molecule has 0 aliphatic heterocycles. The first-order valence-corrected chi connectivity index (χ1v) is 5.85. The SMILES string of the molecule is COC(=O)CNC(=O)/C=C/c1ccc(OC)c(OC)c1. The average molecular weight is 279 g/mol. The van der Waals surface area contributed by atoms with E-state index in [4.69, 9.17) is 9.47 Å². The molecule has 0 fully saturated rings. The van der Waals surface area contributed by atoms with Crippen molar-refractivity contribution in [3.8, 4) is 11.5 Å². The summed E-state index contributed by atoms with van der Waals surface area (Å²) in [7, 11) is 4.34. The lowest BCUT2D eigenvalue weighted by atomic mass is 10.2. The van der Waals surface area contributed by atoms with E-state index < -0.39 is 5.97 Å². The topological polar surface area (TPSA) is 73.9 Å². The van der Waals surface area contributed by atoms with E-state index in [-0.39, 0.29) is 12.5 Å². The molecule has 0 bridgehead atoms. The Kier molecular flexibility index (Phi) is 6.09. The molecular weight excluding hydrogens is 262 g/mol. The molecule has 0 aromatic heterocycles. The zero-order valence-electron chi connectivity index (χ0n) is 11.6. The lowest BCUT2D eigenvalue weighted by Crippen LogP contribution is -2.28. The molecule has 0 saturated heterocycles. The Bertz CT molecular complexity index is 510. The van der Waals surface area contributed by atoms with Gasteiger partial charge in [-0.25, -0.2) is 0 Å². The number of carbonyl (C=O) groups excluding carboxylic acids is 2. The van der Waals surface area contributed by atoms with Crippen molar-refractivity contribution in [2.24, 2.45) is 0 Å². The fourth-order valence-corrected chi connectivity index (χ4v) is 1.42. The Balaban J connectivity index is 2.65. The Morgan fingerprint density at radius 2 is 1.85 bits per heavy atom. The minimum absolute atomic E-state index is 0.161. The summed E-state index contributed by atoms with van der Waals surface area (Å²) in [6.45, 7) is -0.161. The highest BCUT2D eigenvalue weighted by molar-refractivity contribution is 5.93. The van der Waals surface area contributed by atoms with E-state index in [1.807, 2.05) is 0 Å². The number of carbonyl (C=O) groups is 2. The largest absolute Gasteiger partial charge is 0.493 e. The molecule has 0 saturated carbocycles. The molecule has 6 nitrogen and oxygen atoms in total. The zero-order chi connectivity index (χ0) is 15.0. The van der Waals surface area contributed by atoms with Crippen LogP contribution in [-0.4, -0.2) is 39.8 Å². The van der Waals surface area contributed by atoms with Crippen LogP contribution in [-0.2, 0) is 14.3 Å². The maximum Gasteiger partial charge on any atom is 0.325 e. The first-order valence-electron chi connectivity index (χ1n) is 5.85. The number of methoxy groups -OCH3 is 3. The monoisotopic (exact) mass is 279 g/mol. The molecule has 1 aromatic carbocycles. The van der Waals surface area contributed by atoms with Crippen LogP contribution in [0.1, 0.15) is 5.56 Å². The van der Waals surface area contributed by atoms with Gasteiger partial charge >= 0.3 is 5.97 Å². The van der Waals surface area contributed by atoms with Crippen LogP contribution in [0.3, 0.4) is 0 Å². The van der Waals surface area contributed by atoms with Gasteiger partial charge in [0.2, 0.25) is 5.91 Å². The summed E-state index contributed by atoms with van der Waals surface area (Å²) < 4.78 is 14.7. The van der Waals surface area contributed by atoms with E-state index in [9.17, 15) is 9.59 Å². The van der Waals surface area contributed by atoms with Gasteiger partial charge in [-0.1, -0.05) is 6.07 Å². The van der Waals surface area contributed by atoms with Crippen molar-refractivity contribution in [1.82, 2.24) is 5.32 Å². The minimum Gasteiger partial charge on any atom is -0.493 e. The van der Waals surface area contributed by atoms with Crippen LogP contribution >= 0.6 is 0 Å². The summed E-state index contributed by atoms with van der Waals surface area (Å²) in [5.74, 6) is 0.299. The number of esters is 1. The van der Waals surface area contributed by atoms with Gasteiger partial charge in [-0.05, 0) is 23.8 Å². The van der Waals surface area contributed by atoms with Crippen LogP contribution in [0.2, 0.25) is 0 Å². The molecule has 0 atom stereocenters. The second-order valence-corrected chi connectivity index (χ2v) is 3.74. The van der Waals surface area contributed by atoms with Crippen molar-refractivity contribution in [1.29, 1.82) is 0 Å². The molecule has 20 heavy (non-hydrogen) atoms. The lowest BCUT2D eigenvalue weighted by molar-refractivity contribution is -0.140. The second-order valence-electron chi connectivity index (χ2n) is 3.74. The first-order chi connectivity index (χ1) is 9.60. The van der Waals surface area contributed by atoms with Crippen LogP contribution < -0.4 is 14.8 Å². The third-order valence-electron chi connectivity index (χ3n) is 2.47. The van der Waals surface area contributed by atoms with Crippen LogP contribution in [0, 0.1) is 0 Å². The van der Waals surface area contributed by atoms with E-state index >= 15 is 0 Å². The quantitative estimate of drug-likeness (QED) is 0.621. The predicted molar refractivity (Wildman–Crippen MR) is 73.6 cm³/mol. The van der Waals surface area contributed by atoms with Crippen LogP contribution in [0.4, 0.5) is 0 Å². The molecule has 1 rings (SSSR count). The number of hydrogen-bond donors (Lipinski definition) is 1. The second kappa shape index (κ2) is 7.83. The van der Waals surface area contributed by atoms with Crippen molar-refractivity contribution < 1.29 is 23.8 Å². The van der Waals surface area contributed by atoms with E-state index in [1.165, 1.54) is 20.3 Å². The van der Waals surface area contributed by atoms with E-state index in [2.05, 4.69) is 10.1 Å². The number of rotatable bonds is 6. The summed E-state index contributed by atoms with van der Waals surface area (Å²) >= 11 is 0. The lowest BCUT2D eigenvalue weighted by Gasteiger charge is -2.07. The van der Waals surface area contributed by atoms with E-state index in [0.717, 1.165) is 5.56 Å². The molecule has 6 heteroatoms. The van der Waals surface area contributed by atoms with Gasteiger partial charge in [0, 0.05) is 6.08 Å². The maximum absolute atomic E-state index is 11.5. The number of hydrogen-bond acceptors (Lipinski definition) is 5. The fraction of sp³-hybridized carbons (Fsp3) is 0.286. The van der Waals surface area contributed by atoms with Crippen molar-refractivity contribution >= 4 is 18.0 Å². The van der Waals surface area contributed by atoms with Crippen LogP contribution in [0.5, 0.6) is 11.5 Å². The summed E-state index contributed by atoms with van der Waals surface area (Å²) in [5.41, 5.74) is 0.774. The molecule has 0 aliphatic rings. The standard InChI is InChI=1S/C14H17NO5/c1-18-11-6-4-10(8-12(11)19-2)5-7-13(16)15-9-14(17)20-3/h4-8H,9H2,1-3H3,(H,15,16)/b7-5+. The van der Waals surface area contributed by atoms with Crippen molar-refractivity contribution in [2.75, 3.05) is 27.9 Å². The highest BCUT2D eigenvalue weighted by atomic mass is 16.5. The molecule has 108 valence electrons. The summed E-state index contributed by atoms with van der Waals surface area (Å²) in [6, 6.07) is 5.26. The van der Waals surface area contributed by atoms with Gasteiger partial charge in [-0.2, -0.15) is 0 Å². The predicted octanol–water partition coefficient (Wildman–Crippen LogP) is 1.01. The van der Waals surface area contributed by atoms with Gasteiger partial charge < -0.3 is 19.5 Å². The molecule has 0 unspecified atom stereocenters. The van der Waals surface area contributed by atoms with Gasteiger partial charge in [0.05, 0.1) is 21.3 Å². The molecule has 1 aromatic rings. The van der Waals surface area contributed by atoms with Gasteiger partial charge in [0.15, 0.2) is 11.5 Å². The molecule has 0 heterocycles. The molecular formula is C14H17NO5. The van der Waals surface area contributed by atoms with Crippen molar-refractivity contribution in [3.63, 3.8) is 0 Å². The van der Waals surface area contributed by atoms with Gasteiger partial charge in [0.1, 0.15) is 6.54 Å². The Hall–Kier alpha value is -2.50. The minimum atomic E-state index is -0.502. The average Bonchev–Trinajstić information content (AvgIpc) is 2.49. The summed E-state index contributed by atoms with van der Waals surface area (Å²) in [6.07, 6.45) is 2.93. The highest BCUT2D eigenvalue weighted by Crippen LogP contribution is 2.27. The number of nitrogens with one attached hydrogen (secondary N) is 1. The number of amides is 1. The normalized spacial score (nSPS) is 10.2. The number of benzene rings is 1. The van der Waals surface area contributed by atoms with Crippen molar-refractivity contribution in [2.45, 2.75) is 0 Å². The highest BCUT2D eigenvalue weighted by Gasteiger charge is 2.04.